The molecule has 3 atom stereocenters. The van der Waals surface area contributed by atoms with Crippen molar-refractivity contribution in [1.82, 2.24) is 4.90 Å². The van der Waals surface area contributed by atoms with Crippen molar-refractivity contribution in [3.63, 3.8) is 0 Å². The van der Waals surface area contributed by atoms with E-state index in [9.17, 15) is 4.79 Å². The van der Waals surface area contributed by atoms with Crippen molar-refractivity contribution in [3.05, 3.63) is 0 Å². The van der Waals surface area contributed by atoms with E-state index in [1.165, 1.54) is 32.1 Å². The average molecular weight is 252 g/mol. The van der Waals surface area contributed by atoms with Crippen molar-refractivity contribution >= 4 is 5.91 Å². The molecule has 1 saturated carbocycles. The lowest BCUT2D eigenvalue weighted by Crippen LogP contribution is -2.49. The quantitative estimate of drug-likeness (QED) is 0.821. The molecular weight excluding hydrogens is 224 g/mol. The highest BCUT2D eigenvalue weighted by Crippen LogP contribution is 2.37. The van der Waals surface area contributed by atoms with Crippen LogP contribution in [0.3, 0.4) is 0 Å². The Kier molecular flexibility index (Phi) is 4.00. The smallest absolute Gasteiger partial charge is 0.224 e. The molecule has 3 unspecified atom stereocenters. The maximum atomic E-state index is 12.4. The van der Waals surface area contributed by atoms with Crippen molar-refractivity contribution in [2.75, 3.05) is 6.54 Å². The van der Waals surface area contributed by atoms with E-state index >= 15 is 0 Å². The third-order valence-electron chi connectivity index (χ3n) is 4.82. The van der Waals surface area contributed by atoms with Gasteiger partial charge in [-0.25, -0.2) is 0 Å². The summed E-state index contributed by atoms with van der Waals surface area (Å²) in [7, 11) is 0. The van der Waals surface area contributed by atoms with Gasteiger partial charge in [-0.15, -0.1) is 0 Å². The number of rotatable bonds is 2. The first-order chi connectivity index (χ1) is 8.39. The van der Waals surface area contributed by atoms with Gasteiger partial charge in [0.25, 0.3) is 0 Å². The Morgan fingerprint density at radius 2 is 1.94 bits per heavy atom. The summed E-state index contributed by atoms with van der Waals surface area (Å²) in [5, 5.41) is 0. The van der Waals surface area contributed by atoms with Gasteiger partial charge >= 0.3 is 0 Å². The second kappa shape index (κ2) is 5.20. The van der Waals surface area contributed by atoms with Crippen LogP contribution in [0, 0.1) is 11.3 Å². The highest BCUT2D eigenvalue weighted by Gasteiger charge is 2.38. The highest BCUT2D eigenvalue weighted by molar-refractivity contribution is 5.77. The Morgan fingerprint density at radius 1 is 1.28 bits per heavy atom. The van der Waals surface area contributed by atoms with E-state index in [2.05, 4.69) is 25.7 Å². The number of nitrogens with zero attached hydrogens (tertiary/aromatic N) is 1. The Balaban J connectivity index is 1.96. The van der Waals surface area contributed by atoms with E-state index in [-0.39, 0.29) is 17.4 Å². The number of nitrogens with two attached hydrogens (primary N) is 1. The normalized spacial score (nSPS) is 30.1. The van der Waals surface area contributed by atoms with Gasteiger partial charge in [0.05, 0.1) is 0 Å². The van der Waals surface area contributed by atoms with Gasteiger partial charge in [-0.1, -0.05) is 27.2 Å². The van der Waals surface area contributed by atoms with E-state index in [1.807, 2.05) is 0 Å². The largest absolute Gasteiger partial charge is 0.339 e. The Labute approximate surface area is 111 Å². The molecule has 0 bridgehead atoms. The SMILES string of the molecule is CC(C)(C)C(N)CC(=O)N1CCCC2CCCC21. The van der Waals surface area contributed by atoms with Crippen LogP contribution >= 0.6 is 0 Å². The van der Waals surface area contributed by atoms with E-state index < -0.39 is 0 Å². The summed E-state index contributed by atoms with van der Waals surface area (Å²) in [5.74, 6) is 1.06. The molecule has 2 fully saturated rings. The molecule has 2 N–H and O–H groups in total. The molecule has 1 aliphatic carbocycles. The first-order valence-electron chi connectivity index (χ1n) is 7.44. The maximum absolute atomic E-state index is 12.4. The molecule has 104 valence electrons. The predicted molar refractivity (Wildman–Crippen MR) is 74.1 cm³/mol. The molecule has 3 nitrogen and oxygen atoms in total. The average Bonchev–Trinajstić information content (AvgIpc) is 2.74. The second-order valence-electron chi connectivity index (χ2n) is 7.16. The van der Waals surface area contributed by atoms with Crippen molar-refractivity contribution < 1.29 is 4.79 Å². The molecule has 1 saturated heterocycles. The molecular formula is C15H28N2O. The first-order valence-corrected chi connectivity index (χ1v) is 7.44. The number of hydrogen-bond acceptors (Lipinski definition) is 2. The molecule has 2 aliphatic rings. The summed E-state index contributed by atoms with van der Waals surface area (Å²) in [6, 6.07) is 0.491. The van der Waals surface area contributed by atoms with Crippen molar-refractivity contribution in [2.24, 2.45) is 17.1 Å². The van der Waals surface area contributed by atoms with Gasteiger partial charge in [0, 0.05) is 25.0 Å². The highest BCUT2D eigenvalue weighted by atomic mass is 16.2. The fourth-order valence-corrected chi connectivity index (χ4v) is 3.38. The monoisotopic (exact) mass is 252 g/mol. The van der Waals surface area contributed by atoms with Crippen LogP contribution in [0.5, 0.6) is 0 Å². The minimum absolute atomic E-state index is 0.0144. The van der Waals surface area contributed by atoms with Crippen LogP contribution < -0.4 is 5.73 Å². The maximum Gasteiger partial charge on any atom is 0.224 e. The van der Waals surface area contributed by atoms with Crippen molar-refractivity contribution in [2.45, 2.75) is 71.4 Å². The fourth-order valence-electron chi connectivity index (χ4n) is 3.38. The van der Waals surface area contributed by atoms with Gasteiger partial charge in [-0.05, 0) is 37.0 Å². The Morgan fingerprint density at radius 3 is 2.61 bits per heavy atom. The predicted octanol–water partition coefficient (Wildman–Crippen LogP) is 2.54. The van der Waals surface area contributed by atoms with Crippen LogP contribution in [0.2, 0.25) is 0 Å². The minimum Gasteiger partial charge on any atom is -0.339 e. The van der Waals surface area contributed by atoms with Gasteiger partial charge in [0.15, 0.2) is 0 Å². The van der Waals surface area contributed by atoms with Gasteiger partial charge < -0.3 is 10.6 Å². The summed E-state index contributed by atoms with van der Waals surface area (Å²) in [6.07, 6.45) is 6.83. The minimum atomic E-state index is -0.0354. The lowest BCUT2D eigenvalue weighted by atomic mass is 9.84. The van der Waals surface area contributed by atoms with Crippen LogP contribution in [-0.2, 0) is 4.79 Å². The third kappa shape index (κ3) is 2.87. The fraction of sp³-hybridized carbons (Fsp3) is 0.933. The summed E-state index contributed by atoms with van der Waals surface area (Å²) in [4.78, 5) is 14.6. The topological polar surface area (TPSA) is 46.3 Å². The zero-order chi connectivity index (χ0) is 13.3. The number of carbonyl (C=O) groups is 1. The number of hydrogen-bond donors (Lipinski definition) is 1. The number of likely N-dealkylation sites (tertiary alicyclic amines) is 1. The molecule has 0 aromatic rings. The first kappa shape index (κ1) is 13.9. The van der Waals surface area contributed by atoms with Gasteiger partial charge in [0.2, 0.25) is 5.91 Å². The standard InChI is InChI=1S/C15H28N2O/c1-15(2,3)13(16)10-14(18)17-9-5-7-11-6-4-8-12(11)17/h11-13H,4-10,16H2,1-3H3. The van der Waals surface area contributed by atoms with E-state index in [4.69, 9.17) is 5.73 Å². The summed E-state index contributed by atoms with van der Waals surface area (Å²) in [5.41, 5.74) is 6.16. The van der Waals surface area contributed by atoms with Gasteiger partial charge in [-0.3, -0.25) is 4.79 Å². The van der Waals surface area contributed by atoms with E-state index in [0.717, 1.165) is 12.5 Å². The van der Waals surface area contributed by atoms with Crippen molar-refractivity contribution in [3.8, 4) is 0 Å². The lowest BCUT2D eigenvalue weighted by Gasteiger charge is -2.39. The molecule has 1 amide bonds. The molecule has 18 heavy (non-hydrogen) atoms. The third-order valence-corrected chi connectivity index (χ3v) is 4.82. The molecule has 0 aromatic heterocycles. The number of carbonyl (C=O) groups excluding carboxylic acids is 1. The van der Waals surface area contributed by atoms with Crippen LogP contribution in [0.15, 0.2) is 0 Å². The second-order valence-corrected chi connectivity index (χ2v) is 7.16. The van der Waals surface area contributed by atoms with Gasteiger partial charge in [-0.2, -0.15) is 0 Å². The molecule has 0 aromatic carbocycles. The zero-order valence-electron chi connectivity index (χ0n) is 12.1. The molecule has 1 aliphatic heterocycles. The molecule has 2 rings (SSSR count). The Hall–Kier alpha value is -0.570. The van der Waals surface area contributed by atoms with Gasteiger partial charge in [0.1, 0.15) is 0 Å². The van der Waals surface area contributed by atoms with E-state index in [0.29, 0.717) is 12.5 Å². The zero-order valence-corrected chi connectivity index (χ0v) is 12.1. The molecule has 0 radical (unpaired) electrons. The van der Waals surface area contributed by atoms with Crippen LogP contribution in [0.4, 0.5) is 0 Å². The lowest BCUT2D eigenvalue weighted by molar-refractivity contribution is -0.136. The number of amides is 1. The van der Waals surface area contributed by atoms with Crippen molar-refractivity contribution in [1.29, 1.82) is 0 Å². The van der Waals surface area contributed by atoms with Crippen LogP contribution in [0.1, 0.15) is 59.3 Å². The number of piperidine rings is 1. The Bertz CT molecular complexity index is 308. The molecule has 3 heteroatoms. The summed E-state index contributed by atoms with van der Waals surface area (Å²) in [6.45, 7) is 7.29. The summed E-state index contributed by atoms with van der Waals surface area (Å²) >= 11 is 0. The van der Waals surface area contributed by atoms with Crippen LogP contribution in [0.25, 0.3) is 0 Å². The van der Waals surface area contributed by atoms with Crippen LogP contribution in [-0.4, -0.2) is 29.4 Å². The molecule has 1 heterocycles. The van der Waals surface area contributed by atoms with E-state index in [1.54, 1.807) is 0 Å². The summed E-state index contributed by atoms with van der Waals surface area (Å²) < 4.78 is 0. The number of fused-ring (bicyclic) bond motifs is 1. The molecule has 0 spiro atoms.